The lowest BCUT2D eigenvalue weighted by Gasteiger charge is -2.34. The van der Waals surface area contributed by atoms with Gasteiger partial charge in [0.05, 0.1) is 6.10 Å². The third kappa shape index (κ3) is 6.31. The predicted molar refractivity (Wildman–Crippen MR) is 109 cm³/mol. The van der Waals surface area contributed by atoms with Crippen molar-refractivity contribution in [2.24, 2.45) is 11.8 Å². The van der Waals surface area contributed by atoms with E-state index < -0.39 is 5.60 Å². The highest BCUT2D eigenvalue weighted by atomic mass is 16.5. The van der Waals surface area contributed by atoms with Gasteiger partial charge in [-0.3, -0.25) is 4.79 Å². The van der Waals surface area contributed by atoms with Gasteiger partial charge in [0.25, 0.3) is 5.91 Å². The molecule has 0 aliphatic rings. The first-order chi connectivity index (χ1) is 12.1. The number of anilines is 1. The zero-order chi connectivity index (χ0) is 19.9. The minimum Gasteiger partial charge on any atom is -0.490 e. The highest BCUT2D eigenvalue weighted by Crippen LogP contribution is 2.31. The third-order valence-corrected chi connectivity index (χ3v) is 4.62. The fourth-order valence-electron chi connectivity index (χ4n) is 3.25. The highest BCUT2D eigenvalue weighted by Gasteiger charge is 2.39. The number of carbonyl (C=O) groups excluding carboxylic acids is 1. The number of aryl methyl sites for hydroxylation is 1. The van der Waals surface area contributed by atoms with E-state index in [2.05, 4.69) is 46.9 Å². The molecule has 0 saturated heterocycles. The molecular formula is C22H37NO3. The van der Waals surface area contributed by atoms with E-state index in [1.807, 2.05) is 25.1 Å². The maximum absolute atomic E-state index is 13.1. The molecule has 148 valence electrons. The molecule has 1 aromatic carbocycles. The summed E-state index contributed by atoms with van der Waals surface area (Å²) in [5, 5.41) is 3.06. The fourth-order valence-corrected chi connectivity index (χ4v) is 3.25. The first-order valence-electron chi connectivity index (χ1n) is 9.77. The van der Waals surface area contributed by atoms with Gasteiger partial charge >= 0.3 is 0 Å². The van der Waals surface area contributed by atoms with E-state index in [4.69, 9.17) is 9.47 Å². The molecule has 0 heterocycles. The van der Waals surface area contributed by atoms with Crippen LogP contribution in [-0.4, -0.2) is 24.7 Å². The van der Waals surface area contributed by atoms with Gasteiger partial charge in [-0.15, -0.1) is 0 Å². The van der Waals surface area contributed by atoms with Gasteiger partial charge in [0, 0.05) is 12.8 Å². The fraction of sp³-hybridized carbons (Fsp3) is 0.682. The molecule has 4 heteroatoms. The summed E-state index contributed by atoms with van der Waals surface area (Å²) in [6.07, 6.45) is 2.52. The van der Waals surface area contributed by atoms with Crippen LogP contribution in [0.15, 0.2) is 18.2 Å². The Morgan fingerprint density at radius 1 is 1.12 bits per heavy atom. The zero-order valence-corrected chi connectivity index (χ0v) is 17.8. The van der Waals surface area contributed by atoms with Crippen LogP contribution in [0.1, 0.15) is 66.4 Å². The normalized spacial score (nSPS) is 13.2. The minimum absolute atomic E-state index is 0.0719. The molecule has 4 nitrogen and oxygen atoms in total. The van der Waals surface area contributed by atoms with Crippen LogP contribution in [0.25, 0.3) is 0 Å². The van der Waals surface area contributed by atoms with E-state index in [1.165, 1.54) is 0 Å². The molecule has 0 radical (unpaired) electrons. The van der Waals surface area contributed by atoms with Gasteiger partial charge in [-0.2, -0.15) is 0 Å². The molecule has 0 fully saturated rings. The molecule has 0 aromatic heterocycles. The first-order valence-corrected chi connectivity index (χ1v) is 9.77. The lowest BCUT2D eigenvalue weighted by molar-refractivity contribution is -0.142. The maximum Gasteiger partial charge on any atom is 0.256 e. The number of hydrogen-bond donors (Lipinski definition) is 1. The maximum atomic E-state index is 13.1. The van der Waals surface area contributed by atoms with Crippen molar-refractivity contribution in [3.8, 4) is 5.75 Å². The molecule has 1 amide bonds. The van der Waals surface area contributed by atoms with Gasteiger partial charge in [-0.25, -0.2) is 0 Å². The number of carbonyl (C=O) groups is 1. The van der Waals surface area contributed by atoms with Crippen LogP contribution in [0, 0.1) is 18.8 Å². The molecule has 1 N–H and O–H groups in total. The summed E-state index contributed by atoms with van der Waals surface area (Å²) in [6, 6.07) is 5.78. The SMILES string of the molecule is CCC(C)Oc1ccc(NC(=O)C(CC(C)C)(CC(C)C)OC)cc1C. The smallest absolute Gasteiger partial charge is 0.256 e. The Morgan fingerprint density at radius 3 is 2.12 bits per heavy atom. The molecule has 1 unspecified atom stereocenters. The van der Waals surface area contributed by atoms with E-state index in [1.54, 1.807) is 7.11 Å². The van der Waals surface area contributed by atoms with Crippen molar-refractivity contribution in [1.82, 2.24) is 0 Å². The monoisotopic (exact) mass is 363 g/mol. The van der Waals surface area contributed by atoms with Crippen molar-refractivity contribution < 1.29 is 14.3 Å². The molecule has 1 rings (SSSR count). The van der Waals surface area contributed by atoms with Crippen LogP contribution in [0.2, 0.25) is 0 Å². The van der Waals surface area contributed by atoms with Gasteiger partial charge < -0.3 is 14.8 Å². The van der Waals surface area contributed by atoms with E-state index in [0.717, 1.165) is 23.4 Å². The standard InChI is InChI=1S/C22H37NO3/c1-9-18(7)26-20-11-10-19(12-17(20)6)23-21(24)22(25-8,13-15(2)3)14-16(4)5/h10-12,15-16,18H,9,13-14H2,1-8H3,(H,23,24). The van der Waals surface area contributed by atoms with Gasteiger partial charge in [0.1, 0.15) is 11.4 Å². The number of hydrogen-bond acceptors (Lipinski definition) is 3. The van der Waals surface area contributed by atoms with Crippen molar-refractivity contribution in [1.29, 1.82) is 0 Å². The lowest BCUT2D eigenvalue weighted by atomic mass is 9.84. The van der Waals surface area contributed by atoms with Crippen molar-refractivity contribution in [3.05, 3.63) is 23.8 Å². The van der Waals surface area contributed by atoms with Crippen LogP contribution >= 0.6 is 0 Å². The second-order valence-corrected chi connectivity index (χ2v) is 8.17. The lowest BCUT2D eigenvalue weighted by Crippen LogP contribution is -2.46. The third-order valence-electron chi connectivity index (χ3n) is 4.62. The molecule has 0 aliphatic carbocycles. The topological polar surface area (TPSA) is 47.6 Å². The number of benzene rings is 1. The van der Waals surface area contributed by atoms with Crippen LogP contribution in [0.4, 0.5) is 5.69 Å². The number of methoxy groups -OCH3 is 1. The molecule has 1 atom stereocenters. The molecule has 1 aromatic rings. The molecule has 26 heavy (non-hydrogen) atoms. The van der Waals surface area contributed by atoms with Gasteiger partial charge in [-0.1, -0.05) is 34.6 Å². The van der Waals surface area contributed by atoms with Gasteiger partial charge in [0.15, 0.2) is 0 Å². The highest BCUT2D eigenvalue weighted by molar-refractivity contribution is 5.97. The average Bonchev–Trinajstić information content (AvgIpc) is 2.55. The summed E-state index contributed by atoms with van der Waals surface area (Å²) in [5.41, 5.74) is 0.985. The number of rotatable bonds is 10. The Labute approximate surface area is 159 Å². The summed E-state index contributed by atoms with van der Waals surface area (Å²) in [4.78, 5) is 13.1. The average molecular weight is 364 g/mol. The Hall–Kier alpha value is -1.55. The summed E-state index contributed by atoms with van der Waals surface area (Å²) in [6.45, 7) is 14.6. The van der Waals surface area contributed by atoms with Crippen molar-refractivity contribution in [2.75, 3.05) is 12.4 Å². The second kappa shape index (κ2) is 9.96. The summed E-state index contributed by atoms with van der Waals surface area (Å²) in [7, 11) is 1.64. The van der Waals surface area contributed by atoms with E-state index in [-0.39, 0.29) is 12.0 Å². The van der Waals surface area contributed by atoms with E-state index >= 15 is 0 Å². The van der Waals surface area contributed by atoms with Gasteiger partial charge in [0.2, 0.25) is 0 Å². The quantitative estimate of drug-likeness (QED) is 0.589. The molecule has 0 spiro atoms. The van der Waals surface area contributed by atoms with Crippen LogP contribution in [0.3, 0.4) is 0 Å². The molecule has 0 saturated carbocycles. The minimum atomic E-state index is -0.803. The van der Waals surface area contributed by atoms with Gasteiger partial charge in [-0.05, 0) is 68.7 Å². The first kappa shape index (κ1) is 22.5. The molecular weight excluding hydrogens is 326 g/mol. The van der Waals surface area contributed by atoms with Crippen molar-refractivity contribution >= 4 is 11.6 Å². The van der Waals surface area contributed by atoms with Crippen molar-refractivity contribution in [3.63, 3.8) is 0 Å². The Balaban J connectivity index is 2.99. The van der Waals surface area contributed by atoms with Crippen molar-refractivity contribution in [2.45, 2.75) is 79.4 Å². The Morgan fingerprint density at radius 2 is 1.69 bits per heavy atom. The number of amides is 1. The predicted octanol–water partition coefficient (Wildman–Crippen LogP) is 5.59. The van der Waals surface area contributed by atoms with Crippen LogP contribution < -0.4 is 10.1 Å². The van der Waals surface area contributed by atoms with E-state index in [0.29, 0.717) is 24.7 Å². The largest absolute Gasteiger partial charge is 0.490 e. The summed E-state index contributed by atoms with van der Waals surface area (Å²) in [5.74, 6) is 1.53. The number of ether oxygens (including phenoxy) is 2. The number of nitrogens with one attached hydrogen (secondary N) is 1. The summed E-state index contributed by atoms with van der Waals surface area (Å²) < 4.78 is 11.7. The van der Waals surface area contributed by atoms with Crippen LogP contribution in [-0.2, 0) is 9.53 Å². The second-order valence-electron chi connectivity index (χ2n) is 8.17. The molecule has 0 bridgehead atoms. The van der Waals surface area contributed by atoms with Crippen LogP contribution in [0.5, 0.6) is 5.75 Å². The Kier molecular flexibility index (Phi) is 8.61. The molecule has 0 aliphatic heterocycles. The zero-order valence-electron chi connectivity index (χ0n) is 17.8. The van der Waals surface area contributed by atoms with E-state index in [9.17, 15) is 4.79 Å². The summed E-state index contributed by atoms with van der Waals surface area (Å²) >= 11 is 0. The Bertz CT molecular complexity index is 571.